The number of thioether (sulfide) groups is 1. The zero-order chi connectivity index (χ0) is 16.7. The van der Waals surface area contributed by atoms with Crippen molar-refractivity contribution in [3.8, 4) is 0 Å². The molecule has 1 amide bonds. The summed E-state index contributed by atoms with van der Waals surface area (Å²) in [7, 11) is 1.63. The average Bonchev–Trinajstić information content (AvgIpc) is 2.84. The number of hydrogen-bond donors (Lipinski definition) is 1. The molecule has 5 nitrogen and oxygen atoms in total. The van der Waals surface area contributed by atoms with E-state index in [-0.39, 0.29) is 17.6 Å². The number of fused-ring (bicyclic) bond motifs is 1. The van der Waals surface area contributed by atoms with Crippen LogP contribution < -0.4 is 5.32 Å². The van der Waals surface area contributed by atoms with Gasteiger partial charge in [0, 0.05) is 20.3 Å². The smallest absolute Gasteiger partial charge is 0.291 e. The Balaban J connectivity index is 2.04. The number of benzene rings is 1. The van der Waals surface area contributed by atoms with Crippen LogP contribution in [0.4, 0.5) is 8.78 Å². The molecule has 0 bridgehead atoms. The normalized spacial score (nSPS) is 11.3. The van der Waals surface area contributed by atoms with Gasteiger partial charge >= 0.3 is 0 Å². The van der Waals surface area contributed by atoms with Crippen molar-refractivity contribution in [3.05, 3.63) is 24.3 Å². The van der Waals surface area contributed by atoms with Gasteiger partial charge in [0.2, 0.25) is 5.91 Å². The minimum absolute atomic E-state index is 0.0279. The number of aromatic nitrogens is 2. The lowest BCUT2D eigenvalue weighted by Gasteiger charge is -2.09. The average molecular weight is 343 g/mol. The molecular weight excluding hydrogens is 324 g/mol. The van der Waals surface area contributed by atoms with E-state index in [4.69, 9.17) is 4.74 Å². The van der Waals surface area contributed by atoms with Crippen LogP contribution in [0.3, 0.4) is 0 Å². The lowest BCUT2D eigenvalue weighted by atomic mass is 10.3. The highest BCUT2D eigenvalue weighted by molar-refractivity contribution is 7.99. The second-order valence-electron chi connectivity index (χ2n) is 4.90. The number of amides is 1. The van der Waals surface area contributed by atoms with Crippen molar-refractivity contribution < 1.29 is 18.3 Å². The summed E-state index contributed by atoms with van der Waals surface area (Å²) < 4.78 is 31.8. The Morgan fingerprint density at radius 2 is 2.17 bits per heavy atom. The van der Waals surface area contributed by atoms with Crippen molar-refractivity contribution in [2.24, 2.45) is 0 Å². The van der Waals surface area contributed by atoms with Gasteiger partial charge in [0.15, 0.2) is 5.16 Å². The second-order valence-corrected chi connectivity index (χ2v) is 5.85. The van der Waals surface area contributed by atoms with Gasteiger partial charge in [-0.15, -0.1) is 0 Å². The molecule has 126 valence electrons. The van der Waals surface area contributed by atoms with Crippen molar-refractivity contribution >= 4 is 28.7 Å². The predicted octanol–water partition coefficient (Wildman–Crippen LogP) is 2.89. The first kappa shape index (κ1) is 17.7. The fraction of sp³-hybridized carbons (Fsp3) is 0.467. The SMILES string of the molecule is COCCCCNC(=O)Cn1c(SC(F)F)nc2ccccc21. The van der Waals surface area contributed by atoms with Gasteiger partial charge in [-0.05, 0) is 36.7 Å². The van der Waals surface area contributed by atoms with Gasteiger partial charge in [-0.3, -0.25) is 4.79 Å². The van der Waals surface area contributed by atoms with E-state index in [0.717, 1.165) is 12.8 Å². The van der Waals surface area contributed by atoms with Crippen LogP contribution in [0.5, 0.6) is 0 Å². The van der Waals surface area contributed by atoms with Crippen molar-refractivity contribution in [1.29, 1.82) is 0 Å². The third kappa shape index (κ3) is 5.18. The van der Waals surface area contributed by atoms with E-state index in [9.17, 15) is 13.6 Å². The number of hydrogen-bond acceptors (Lipinski definition) is 4. The molecule has 0 aliphatic carbocycles. The predicted molar refractivity (Wildman–Crippen MR) is 85.7 cm³/mol. The van der Waals surface area contributed by atoms with Gasteiger partial charge < -0.3 is 14.6 Å². The number of methoxy groups -OCH3 is 1. The molecule has 2 rings (SSSR count). The number of imidazole rings is 1. The van der Waals surface area contributed by atoms with Gasteiger partial charge in [-0.1, -0.05) is 12.1 Å². The Bertz CT molecular complexity index is 649. The summed E-state index contributed by atoms with van der Waals surface area (Å²) in [6.45, 7) is 1.16. The maximum absolute atomic E-state index is 12.7. The van der Waals surface area contributed by atoms with Gasteiger partial charge in [0.1, 0.15) is 6.54 Å². The number of nitrogens with one attached hydrogen (secondary N) is 1. The number of halogens is 2. The van der Waals surface area contributed by atoms with E-state index in [1.54, 1.807) is 31.4 Å². The quantitative estimate of drug-likeness (QED) is 0.562. The van der Waals surface area contributed by atoms with Crippen LogP contribution in [-0.4, -0.2) is 41.5 Å². The molecule has 0 unspecified atom stereocenters. The zero-order valence-corrected chi connectivity index (χ0v) is 13.6. The maximum Gasteiger partial charge on any atom is 0.291 e. The zero-order valence-electron chi connectivity index (χ0n) is 12.8. The first-order valence-electron chi connectivity index (χ1n) is 7.27. The second kappa shape index (κ2) is 8.83. The lowest BCUT2D eigenvalue weighted by Crippen LogP contribution is -2.28. The Morgan fingerprint density at radius 3 is 2.91 bits per heavy atom. The van der Waals surface area contributed by atoms with Crippen LogP contribution in [0.2, 0.25) is 0 Å². The molecule has 1 aromatic heterocycles. The summed E-state index contributed by atoms with van der Waals surface area (Å²) in [5.41, 5.74) is 1.27. The molecule has 0 atom stereocenters. The summed E-state index contributed by atoms with van der Waals surface area (Å²) in [5, 5.41) is 2.93. The van der Waals surface area contributed by atoms with Crippen LogP contribution in [0, 0.1) is 0 Å². The Labute approximate surface area is 137 Å². The topological polar surface area (TPSA) is 56.1 Å². The Morgan fingerprint density at radius 1 is 1.39 bits per heavy atom. The molecule has 0 spiro atoms. The highest BCUT2D eigenvalue weighted by atomic mass is 32.2. The number of nitrogens with zero attached hydrogens (tertiary/aromatic N) is 2. The van der Waals surface area contributed by atoms with Crippen LogP contribution in [0.1, 0.15) is 12.8 Å². The molecular formula is C15H19F2N3O2S. The number of carbonyl (C=O) groups is 1. The molecule has 1 heterocycles. The minimum atomic E-state index is -2.58. The summed E-state index contributed by atoms with van der Waals surface area (Å²) in [4.78, 5) is 16.2. The molecule has 1 N–H and O–H groups in total. The molecule has 1 aromatic carbocycles. The van der Waals surface area contributed by atoms with E-state index in [2.05, 4.69) is 10.3 Å². The van der Waals surface area contributed by atoms with Crippen LogP contribution in [0.15, 0.2) is 29.4 Å². The largest absolute Gasteiger partial charge is 0.385 e. The van der Waals surface area contributed by atoms with E-state index < -0.39 is 5.76 Å². The highest BCUT2D eigenvalue weighted by Gasteiger charge is 2.17. The number of unbranched alkanes of at least 4 members (excludes halogenated alkanes) is 1. The molecule has 0 aliphatic rings. The van der Waals surface area contributed by atoms with Crippen molar-refractivity contribution in [2.45, 2.75) is 30.3 Å². The van der Waals surface area contributed by atoms with Gasteiger partial charge in [0.05, 0.1) is 11.0 Å². The maximum atomic E-state index is 12.7. The van der Waals surface area contributed by atoms with E-state index >= 15 is 0 Å². The molecule has 2 aromatic rings. The number of rotatable bonds is 9. The van der Waals surface area contributed by atoms with Gasteiger partial charge in [-0.25, -0.2) is 4.98 Å². The van der Waals surface area contributed by atoms with E-state index in [1.165, 1.54) is 4.57 Å². The third-order valence-corrected chi connectivity index (χ3v) is 3.91. The van der Waals surface area contributed by atoms with Crippen molar-refractivity contribution in [2.75, 3.05) is 20.3 Å². The molecule has 0 saturated heterocycles. The first-order chi connectivity index (χ1) is 11.1. The summed E-state index contributed by atoms with van der Waals surface area (Å²) in [6, 6.07) is 7.08. The molecule has 23 heavy (non-hydrogen) atoms. The summed E-state index contributed by atoms with van der Waals surface area (Å²) in [5.74, 6) is -2.80. The van der Waals surface area contributed by atoms with Crippen LogP contribution >= 0.6 is 11.8 Å². The third-order valence-electron chi connectivity index (χ3n) is 3.21. The number of para-hydroxylation sites is 2. The molecule has 0 saturated carbocycles. The fourth-order valence-corrected chi connectivity index (χ4v) is 2.78. The molecule has 0 radical (unpaired) electrons. The minimum Gasteiger partial charge on any atom is -0.385 e. The van der Waals surface area contributed by atoms with Gasteiger partial charge in [-0.2, -0.15) is 8.78 Å². The number of carbonyl (C=O) groups excluding carboxylic acids is 1. The van der Waals surface area contributed by atoms with Crippen LogP contribution in [0.25, 0.3) is 11.0 Å². The fourth-order valence-electron chi connectivity index (χ4n) is 2.17. The van der Waals surface area contributed by atoms with Crippen molar-refractivity contribution in [3.63, 3.8) is 0 Å². The summed E-state index contributed by atoms with van der Waals surface area (Å²) in [6.07, 6.45) is 1.67. The van der Waals surface area contributed by atoms with Gasteiger partial charge in [0.25, 0.3) is 5.76 Å². The monoisotopic (exact) mass is 343 g/mol. The highest BCUT2D eigenvalue weighted by Crippen LogP contribution is 2.28. The van der Waals surface area contributed by atoms with E-state index in [0.29, 0.717) is 35.9 Å². The van der Waals surface area contributed by atoms with Crippen molar-refractivity contribution in [1.82, 2.24) is 14.9 Å². The molecule has 8 heteroatoms. The van der Waals surface area contributed by atoms with E-state index in [1.807, 2.05) is 0 Å². The number of ether oxygens (including phenoxy) is 1. The Hall–Kier alpha value is -1.67. The molecule has 0 fully saturated rings. The Kier molecular flexibility index (Phi) is 6.79. The first-order valence-corrected chi connectivity index (χ1v) is 8.15. The standard InChI is InChI=1S/C15H19F2N3O2S/c1-22-9-5-4-8-18-13(21)10-20-12-7-3-2-6-11(12)19-15(20)23-14(16)17/h2-3,6-7,14H,4-5,8-10H2,1H3,(H,18,21). The lowest BCUT2D eigenvalue weighted by molar-refractivity contribution is -0.121. The summed E-state index contributed by atoms with van der Waals surface area (Å²) >= 11 is 0.350. The number of alkyl halides is 2. The van der Waals surface area contributed by atoms with Crippen LogP contribution in [-0.2, 0) is 16.1 Å². The molecule has 0 aliphatic heterocycles.